The summed E-state index contributed by atoms with van der Waals surface area (Å²) < 4.78 is 7.83. The molecule has 0 atom stereocenters. The topological polar surface area (TPSA) is 121 Å². The second-order valence-corrected chi connectivity index (χ2v) is 6.50. The van der Waals surface area contributed by atoms with Crippen molar-refractivity contribution >= 4 is 35.3 Å². The number of rotatable bonds is 2. The summed E-state index contributed by atoms with van der Waals surface area (Å²) in [6.45, 7) is 0. The minimum Gasteiger partial charge on any atom is -0.399 e. The van der Waals surface area contributed by atoms with Crippen LogP contribution < -0.4 is 22.9 Å². The van der Waals surface area contributed by atoms with Gasteiger partial charge in [-0.2, -0.15) is 4.21 Å². The van der Waals surface area contributed by atoms with Crippen molar-refractivity contribution in [3.8, 4) is 22.3 Å². The zero-order valence-electron chi connectivity index (χ0n) is 16.4. The smallest absolute Gasteiger partial charge is 0.197 e. The maximum Gasteiger partial charge on any atom is 0.197 e. The van der Waals surface area contributed by atoms with Crippen LogP contribution in [-0.2, 0) is 12.5 Å². The minimum atomic E-state index is 0.768. The highest BCUT2D eigenvalue weighted by Gasteiger charge is 1.98. The highest BCUT2D eigenvalue weighted by Crippen LogP contribution is 2.23. The monoisotopic (exact) mass is 416 g/mol. The van der Waals surface area contributed by atoms with Crippen LogP contribution in [0.15, 0.2) is 97.1 Å². The van der Waals surface area contributed by atoms with Crippen molar-refractivity contribution in [2.24, 2.45) is 0 Å². The molecule has 0 radical (unpaired) electrons. The Bertz CT molecular complexity index is 928. The molecule has 4 rings (SSSR count). The summed E-state index contributed by atoms with van der Waals surface area (Å²) in [4.78, 5) is 0. The van der Waals surface area contributed by atoms with Crippen LogP contribution in [-0.4, -0.2) is 4.21 Å². The van der Waals surface area contributed by atoms with E-state index in [4.69, 9.17) is 27.1 Å². The quantitative estimate of drug-likeness (QED) is 0.351. The van der Waals surface area contributed by atoms with Crippen molar-refractivity contribution < 1.29 is 4.21 Å². The van der Waals surface area contributed by atoms with Crippen molar-refractivity contribution in [2.75, 3.05) is 22.9 Å². The molecule has 0 heterocycles. The van der Waals surface area contributed by atoms with Gasteiger partial charge in [-0.05, 0) is 70.8 Å². The lowest BCUT2D eigenvalue weighted by molar-refractivity contribution is 0.702. The van der Waals surface area contributed by atoms with Crippen molar-refractivity contribution in [1.82, 2.24) is 0 Å². The third-order valence-electron chi connectivity index (χ3n) is 4.21. The maximum atomic E-state index is 7.83. The van der Waals surface area contributed by atoms with Crippen LogP contribution in [0.4, 0.5) is 22.7 Å². The fraction of sp³-hybridized carbons (Fsp3) is 0. The first-order chi connectivity index (χ1) is 14.5. The second kappa shape index (κ2) is 11.2. The molecule has 4 aromatic carbocycles. The molecule has 0 saturated carbocycles. The summed E-state index contributed by atoms with van der Waals surface area (Å²) in [6.07, 6.45) is 0. The Morgan fingerprint density at radius 1 is 0.400 bits per heavy atom. The molecule has 6 heteroatoms. The summed E-state index contributed by atoms with van der Waals surface area (Å²) in [5, 5.41) is 0. The fourth-order valence-electron chi connectivity index (χ4n) is 2.87. The van der Waals surface area contributed by atoms with Crippen LogP contribution in [0.5, 0.6) is 0 Å². The molecule has 0 bridgehead atoms. The van der Waals surface area contributed by atoms with Crippen LogP contribution in [0.2, 0.25) is 0 Å². The molecule has 0 aliphatic heterocycles. The summed E-state index contributed by atoms with van der Waals surface area (Å²) in [6, 6.07) is 31.1. The Kier molecular flexibility index (Phi) is 8.35. The van der Waals surface area contributed by atoms with Gasteiger partial charge in [-0.1, -0.05) is 48.5 Å². The van der Waals surface area contributed by atoms with E-state index in [1.807, 2.05) is 97.1 Å². The highest BCUT2D eigenvalue weighted by molar-refractivity contribution is 7.44. The molecular formula is C24H24N4OS. The Morgan fingerprint density at radius 3 is 0.767 bits per heavy atom. The first-order valence-electron chi connectivity index (χ1n) is 9.11. The van der Waals surface area contributed by atoms with Gasteiger partial charge in [0, 0.05) is 22.7 Å². The third-order valence-corrected chi connectivity index (χ3v) is 4.21. The Balaban J connectivity index is 0.000000197. The second-order valence-electron chi connectivity index (χ2n) is 6.50. The maximum absolute atomic E-state index is 7.83. The van der Waals surface area contributed by atoms with Crippen LogP contribution in [0.3, 0.4) is 0 Å². The van der Waals surface area contributed by atoms with E-state index >= 15 is 0 Å². The molecule has 0 saturated heterocycles. The molecule has 30 heavy (non-hydrogen) atoms. The average molecular weight is 417 g/mol. The summed E-state index contributed by atoms with van der Waals surface area (Å²) >= 11 is 2.83. The number of benzene rings is 4. The van der Waals surface area contributed by atoms with E-state index in [1.165, 1.54) is 0 Å². The van der Waals surface area contributed by atoms with Crippen LogP contribution in [0.25, 0.3) is 22.3 Å². The largest absolute Gasteiger partial charge is 0.399 e. The normalized spacial score (nSPS) is 9.47. The number of nitrogens with two attached hydrogens (primary N) is 4. The van der Waals surface area contributed by atoms with Gasteiger partial charge in [0.1, 0.15) is 0 Å². The number of hydrogen-bond donors (Lipinski definition) is 4. The highest BCUT2D eigenvalue weighted by atomic mass is 32.1. The van der Waals surface area contributed by atoms with E-state index in [0.29, 0.717) is 0 Å². The van der Waals surface area contributed by atoms with Gasteiger partial charge in [0.05, 0.1) is 0 Å². The SMILES string of the molecule is Nc1cccc(-c2cccc(N)c2)c1.Nc1cccc(-c2cccc(N)c2)c1.O=S. The molecular weight excluding hydrogens is 392 g/mol. The lowest BCUT2D eigenvalue weighted by Crippen LogP contribution is -1.87. The molecule has 0 aromatic heterocycles. The number of nitrogen functional groups attached to an aromatic ring is 4. The van der Waals surface area contributed by atoms with Crippen LogP contribution in [0.1, 0.15) is 0 Å². The zero-order valence-corrected chi connectivity index (χ0v) is 17.2. The Morgan fingerprint density at radius 2 is 0.600 bits per heavy atom. The molecule has 5 nitrogen and oxygen atoms in total. The third kappa shape index (κ3) is 6.61. The first-order valence-corrected chi connectivity index (χ1v) is 9.44. The van der Waals surface area contributed by atoms with E-state index in [1.54, 1.807) is 0 Å². The Labute approximate surface area is 181 Å². The molecule has 152 valence electrons. The molecule has 0 aliphatic rings. The van der Waals surface area contributed by atoms with E-state index in [0.717, 1.165) is 45.0 Å². The van der Waals surface area contributed by atoms with Crippen molar-refractivity contribution in [3.63, 3.8) is 0 Å². The fourth-order valence-corrected chi connectivity index (χ4v) is 2.87. The van der Waals surface area contributed by atoms with Gasteiger partial charge in [-0.3, -0.25) is 0 Å². The van der Waals surface area contributed by atoms with Crippen molar-refractivity contribution in [2.45, 2.75) is 0 Å². The van der Waals surface area contributed by atoms with E-state index < -0.39 is 0 Å². The zero-order chi connectivity index (χ0) is 21.9. The van der Waals surface area contributed by atoms with Gasteiger partial charge >= 0.3 is 0 Å². The number of anilines is 4. The molecule has 0 amide bonds. The molecule has 4 aromatic rings. The number of hydrogen-bond acceptors (Lipinski definition) is 6. The van der Waals surface area contributed by atoms with Gasteiger partial charge in [0.2, 0.25) is 0 Å². The lowest BCUT2D eigenvalue weighted by atomic mass is 10.0. The first kappa shape index (κ1) is 22.4. The molecule has 8 N–H and O–H groups in total. The van der Waals surface area contributed by atoms with E-state index in [-0.39, 0.29) is 0 Å². The summed E-state index contributed by atoms with van der Waals surface area (Å²) in [7, 11) is 0. The summed E-state index contributed by atoms with van der Waals surface area (Å²) in [5.74, 6) is 0. The van der Waals surface area contributed by atoms with Crippen molar-refractivity contribution in [1.29, 1.82) is 0 Å². The van der Waals surface area contributed by atoms with Gasteiger partial charge in [-0.15, -0.1) is 0 Å². The van der Waals surface area contributed by atoms with Gasteiger partial charge in [0.15, 0.2) is 12.5 Å². The van der Waals surface area contributed by atoms with Gasteiger partial charge in [-0.25, -0.2) is 0 Å². The van der Waals surface area contributed by atoms with E-state index in [9.17, 15) is 0 Å². The average Bonchev–Trinajstić information content (AvgIpc) is 2.76. The van der Waals surface area contributed by atoms with Crippen LogP contribution in [0, 0.1) is 0 Å². The predicted molar refractivity (Wildman–Crippen MR) is 130 cm³/mol. The molecule has 0 spiro atoms. The Hall–Kier alpha value is -3.90. The standard InChI is InChI=1S/2C12H12N2.OS/c2*13-11-5-1-3-9(7-11)10-4-2-6-12(14)8-10;1-2/h2*1-8H,13-14H2;. The molecule has 0 fully saturated rings. The van der Waals surface area contributed by atoms with Gasteiger partial charge < -0.3 is 22.9 Å². The molecule has 0 unspecified atom stereocenters. The lowest BCUT2D eigenvalue weighted by Gasteiger charge is -2.03. The van der Waals surface area contributed by atoms with Gasteiger partial charge in [0.25, 0.3) is 0 Å². The van der Waals surface area contributed by atoms with Crippen molar-refractivity contribution in [3.05, 3.63) is 97.1 Å². The molecule has 0 aliphatic carbocycles. The summed E-state index contributed by atoms with van der Waals surface area (Å²) in [5.41, 5.74) is 30.3. The van der Waals surface area contributed by atoms with Crippen LogP contribution >= 0.6 is 0 Å². The predicted octanol–water partition coefficient (Wildman–Crippen LogP) is 4.70. The van der Waals surface area contributed by atoms with E-state index in [2.05, 4.69) is 12.5 Å². The minimum absolute atomic E-state index is 0.768.